The number of nitrogens with one attached hydrogen (secondary N) is 1. The predicted octanol–water partition coefficient (Wildman–Crippen LogP) is 2.78. The van der Waals surface area contributed by atoms with Crippen LogP contribution in [0.25, 0.3) is 0 Å². The Balaban J connectivity index is 1.91. The first-order valence-corrected chi connectivity index (χ1v) is 6.88. The average Bonchev–Trinajstić information content (AvgIpc) is 2.41. The third-order valence-electron chi connectivity index (χ3n) is 3.41. The molecule has 7 heteroatoms. The maximum Gasteiger partial charge on any atom is 0.433 e. The monoisotopic (exact) mass is 288 g/mol. The molecule has 20 heavy (non-hydrogen) atoms. The quantitative estimate of drug-likeness (QED) is 0.925. The first kappa shape index (κ1) is 15.0. The van der Waals surface area contributed by atoms with Crippen LogP contribution in [0.5, 0.6) is 0 Å². The largest absolute Gasteiger partial charge is 0.433 e. The molecular formula is C13H19F3N4. The second-order valence-corrected chi connectivity index (χ2v) is 5.02. The highest BCUT2D eigenvalue weighted by Gasteiger charge is 2.33. The van der Waals surface area contributed by atoms with Gasteiger partial charge >= 0.3 is 6.18 Å². The Labute approximate surface area is 116 Å². The van der Waals surface area contributed by atoms with Crippen molar-refractivity contribution in [2.24, 2.45) is 0 Å². The fourth-order valence-electron chi connectivity index (χ4n) is 2.39. The molecule has 1 saturated heterocycles. The van der Waals surface area contributed by atoms with Gasteiger partial charge in [0.2, 0.25) is 5.95 Å². The third kappa shape index (κ3) is 4.06. The molecule has 0 bridgehead atoms. The molecule has 0 unspecified atom stereocenters. The Bertz CT molecular complexity index is 428. The van der Waals surface area contributed by atoms with Gasteiger partial charge in [0.05, 0.1) is 0 Å². The molecular weight excluding hydrogens is 269 g/mol. The van der Waals surface area contributed by atoms with E-state index >= 15 is 0 Å². The van der Waals surface area contributed by atoms with E-state index in [1.54, 1.807) is 0 Å². The number of hydrogen-bond acceptors (Lipinski definition) is 4. The van der Waals surface area contributed by atoms with Crippen molar-refractivity contribution in [3.8, 4) is 0 Å². The zero-order chi connectivity index (χ0) is 14.6. The van der Waals surface area contributed by atoms with Crippen molar-refractivity contribution in [2.75, 3.05) is 25.0 Å². The summed E-state index contributed by atoms with van der Waals surface area (Å²) in [6.45, 7) is 5.14. The minimum Gasteiger partial charge on any atom is -0.351 e. The molecule has 2 rings (SSSR count). The minimum atomic E-state index is -4.43. The summed E-state index contributed by atoms with van der Waals surface area (Å²) in [5, 5.41) is 3.01. The zero-order valence-electron chi connectivity index (χ0n) is 11.5. The minimum absolute atomic E-state index is 0.0637. The van der Waals surface area contributed by atoms with Crippen molar-refractivity contribution in [1.29, 1.82) is 0 Å². The molecule has 4 nitrogen and oxygen atoms in total. The summed E-state index contributed by atoms with van der Waals surface area (Å²) in [5.41, 5.74) is -0.904. The van der Waals surface area contributed by atoms with Crippen molar-refractivity contribution >= 4 is 5.95 Å². The van der Waals surface area contributed by atoms with E-state index in [-0.39, 0.29) is 12.0 Å². The number of piperidine rings is 1. The van der Waals surface area contributed by atoms with E-state index < -0.39 is 11.9 Å². The standard InChI is InChI=1S/C13H19F3N4/c1-2-7-20-8-4-10(5-9-20)18-12-17-6-3-11(19-12)13(14,15)16/h3,6,10H,2,4-5,7-9H2,1H3,(H,17,18,19). The normalized spacial score (nSPS) is 18.2. The molecule has 1 aromatic rings. The van der Waals surface area contributed by atoms with Crippen LogP contribution in [0, 0.1) is 0 Å². The van der Waals surface area contributed by atoms with Gasteiger partial charge in [-0.25, -0.2) is 9.97 Å². The zero-order valence-corrected chi connectivity index (χ0v) is 11.5. The highest BCUT2D eigenvalue weighted by molar-refractivity contribution is 5.27. The molecule has 1 aromatic heterocycles. The van der Waals surface area contributed by atoms with Crippen molar-refractivity contribution in [3.05, 3.63) is 18.0 Å². The molecule has 0 atom stereocenters. The lowest BCUT2D eigenvalue weighted by Gasteiger charge is -2.32. The van der Waals surface area contributed by atoms with Gasteiger partial charge in [0.25, 0.3) is 0 Å². The number of halogens is 3. The van der Waals surface area contributed by atoms with Gasteiger partial charge in [0, 0.05) is 25.3 Å². The average molecular weight is 288 g/mol. The van der Waals surface area contributed by atoms with Gasteiger partial charge in [0.15, 0.2) is 0 Å². The first-order valence-electron chi connectivity index (χ1n) is 6.88. The van der Waals surface area contributed by atoms with E-state index in [9.17, 15) is 13.2 Å². The van der Waals surface area contributed by atoms with Gasteiger partial charge in [0.1, 0.15) is 5.69 Å². The lowest BCUT2D eigenvalue weighted by atomic mass is 10.1. The topological polar surface area (TPSA) is 41.0 Å². The molecule has 112 valence electrons. The number of aromatic nitrogens is 2. The molecule has 0 aromatic carbocycles. The maximum atomic E-state index is 12.6. The molecule has 1 N–H and O–H groups in total. The van der Waals surface area contributed by atoms with Crippen molar-refractivity contribution < 1.29 is 13.2 Å². The fraction of sp³-hybridized carbons (Fsp3) is 0.692. The van der Waals surface area contributed by atoms with Crippen LogP contribution in [-0.4, -0.2) is 40.5 Å². The fourth-order valence-corrected chi connectivity index (χ4v) is 2.39. The van der Waals surface area contributed by atoms with E-state index in [4.69, 9.17) is 0 Å². The van der Waals surface area contributed by atoms with Gasteiger partial charge in [-0.2, -0.15) is 13.2 Å². The van der Waals surface area contributed by atoms with Crippen LogP contribution in [-0.2, 0) is 6.18 Å². The number of anilines is 1. The summed E-state index contributed by atoms with van der Waals surface area (Å²) >= 11 is 0. The lowest BCUT2D eigenvalue weighted by molar-refractivity contribution is -0.141. The van der Waals surface area contributed by atoms with E-state index in [0.29, 0.717) is 0 Å². The Morgan fingerprint density at radius 1 is 1.35 bits per heavy atom. The van der Waals surface area contributed by atoms with Crippen LogP contribution in [0.1, 0.15) is 31.9 Å². The van der Waals surface area contributed by atoms with Gasteiger partial charge in [-0.05, 0) is 31.9 Å². The Kier molecular flexibility index (Phi) is 4.80. The van der Waals surface area contributed by atoms with E-state index in [0.717, 1.165) is 51.2 Å². The predicted molar refractivity (Wildman–Crippen MR) is 70.4 cm³/mol. The van der Waals surface area contributed by atoms with Crippen LogP contribution in [0.3, 0.4) is 0 Å². The van der Waals surface area contributed by atoms with Crippen LogP contribution in [0.15, 0.2) is 12.3 Å². The number of hydrogen-bond donors (Lipinski definition) is 1. The molecule has 1 aliphatic heterocycles. The summed E-state index contributed by atoms with van der Waals surface area (Å²) in [5.74, 6) is 0.0637. The molecule has 0 amide bonds. The van der Waals surface area contributed by atoms with Crippen molar-refractivity contribution in [1.82, 2.24) is 14.9 Å². The number of likely N-dealkylation sites (tertiary alicyclic amines) is 1. The summed E-state index contributed by atoms with van der Waals surface area (Å²) in [7, 11) is 0. The second kappa shape index (κ2) is 6.39. The first-order chi connectivity index (χ1) is 9.49. The second-order valence-electron chi connectivity index (χ2n) is 5.02. The summed E-state index contributed by atoms with van der Waals surface area (Å²) in [4.78, 5) is 9.77. The highest BCUT2D eigenvalue weighted by Crippen LogP contribution is 2.27. The Morgan fingerprint density at radius 3 is 2.65 bits per heavy atom. The van der Waals surface area contributed by atoms with Crippen LogP contribution < -0.4 is 5.32 Å². The van der Waals surface area contributed by atoms with Crippen LogP contribution in [0.2, 0.25) is 0 Å². The molecule has 1 aliphatic rings. The number of nitrogens with zero attached hydrogens (tertiary/aromatic N) is 3. The molecule has 2 heterocycles. The number of alkyl halides is 3. The molecule has 1 fully saturated rings. The smallest absolute Gasteiger partial charge is 0.351 e. The Hall–Kier alpha value is -1.37. The summed E-state index contributed by atoms with van der Waals surface area (Å²) in [6, 6.07) is 1.03. The third-order valence-corrected chi connectivity index (χ3v) is 3.41. The SMILES string of the molecule is CCCN1CCC(Nc2nccc(C(F)(F)F)n2)CC1. The highest BCUT2D eigenvalue weighted by atomic mass is 19.4. The van der Waals surface area contributed by atoms with E-state index in [2.05, 4.69) is 27.1 Å². The lowest BCUT2D eigenvalue weighted by Crippen LogP contribution is -2.39. The van der Waals surface area contributed by atoms with Crippen LogP contribution in [0.4, 0.5) is 19.1 Å². The van der Waals surface area contributed by atoms with E-state index in [1.807, 2.05) is 0 Å². The summed E-state index contributed by atoms with van der Waals surface area (Å²) < 4.78 is 37.7. The molecule has 0 aliphatic carbocycles. The number of rotatable bonds is 4. The van der Waals surface area contributed by atoms with Gasteiger partial charge < -0.3 is 10.2 Å². The van der Waals surface area contributed by atoms with Crippen LogP contribution >= 0.6 is 0 Å². The molecule has 0 radical (unpaired) electrons. The molecule has 0 spiro atoms. The summed E-state index contributed by atoms with van der Waals surface area (Å²) in [6.07, 6.45) is -0.359. The van der Waals surface area contributed by atoms with Gasteiger partial charge in [-0.3, -0.25) is 0 Å². The van der Waals surface area contributed by atoms with Gasteiger partial charge in [-0.1, -0.05) is 6.92 Å². The molecule has 0 saturated carbocycles. The van der Waals surface area contributed by atoms with Crippen molar-refractivity contribution in [2.45, 2.75) is 38.4 Å². The van der Waals surface area contributed by atoms with Gasteiger partial charge in [-0.15, -0.1) is 0 Å². The Morgan fingerprint density at radius 2 is 2.05 bits per heavy atom. The van der Waals surface area contributed by atoms with E-state index in [1.165, 1.54) is 0 Å². The van der Waals surface area contributed by atoms with Crippen molar-refractivity contribution in [3.63, 3.8) is 0 Å². The maximum absolute atomic E-state index is 12.6.